The number of aromatic nitrogens is 2. The quantitative estimate of drug-likeness (QED) is 0.911. The molecule has 5 heteroatoms. The van der Waals surface area contributed by atoms with Crippen LogP contribution in [0.4, 0.5) is 11.5 Å². The van der Waals surface area contributed by atoms with Crippen LogP contribution < -0.4 is 9.80 Å². The predicted octanol–water partition coefficient (Wildman–Crippen LogP) is 1.30. The molecule has 3 rings (SSSR count). The van der Waals surface area contributed by atoms with Crippen LogP contribution in [0.15, 0.2) is 42.9 Å². The van der Waals surface area contributed by atoms with Gasteiger partial charge in [0.25, 0.3) is 0 Å². The van der Waals surface area contributed by atoms with Crippen LogP contribution in [-0.4, -0.2) is 41.3 Å². The fourth-order valence-corrected chi connectivity index (χ4v) is 2.56. The number of piperazine rings is 1. The Morgan fingerprint density at radius 2 is 1.70 bits per heavy atom. The molecule has 1 aromatic heterocycles. The molecule has 2 aromatic rings. The monoisotopic (exact) mass is 270 g/mol. The molecule has 1 aromatic carbocycles. The smallest absolute Gasteiger partial charge is 0.137 e. The van der Waals surface area contributed by atoms with Gasteiger partial charge in [-0.3, -0.25) is 0 Å². The molecular weight excluding hydrogens is 252 g/mol. The zero-order chi connectivity index (χ0) is 13.8. The summed E-state index contributed by atoms with van der Waals surface area (Å²) < 4.78 is 0. The van der Waals surface area contributed by atoms with E-state index in [2.05, 4.69) is 44.0 Å². The van der Waals surface area contributed by atoms with Crippen molar-refractivity contribution in [2.45, 2.75) is 6.61 Å². The summed E-state index contributed by atoms with van der Waals surface area (Å²) in [7, 11) is 0. The highest BCUT2D eigenvalue weighted by Gasteiger charge is 2.20. The van der Waals surface area contributed by atoms with Gasteiger partial charge in [0.2, 0.25) is 0 Å². The third-order valence-electron chi connectivity index (χ3n) is 3.64. The molecule has 1 fully saturated rings. The zero-order valence-corrected chi connectivity index (χ0v) is 11.3. The van der Waals surface area contributed by atoms with Crippen molar-refractivity contribution >= 4 is 11.5 Å². The van der Waals surface area contributed by atoms with Crippen LogP contribution in [0.3, 0.4) is 0 Å². The lowest BCUT2D eigenvalue weighted by molar-refractivity contribution is 0.281. The van der Waals surface area contributed by atoms with Gasteiger partial charge in [-0.2, -0.15) is 0 Å². The molecule has 2 heterocycles. The number of anilines is 2. The maximum Gasteiger partial charge on any atom is 0.137 e. The average Bonchev–Trinajstić information content (AvgIpc) is 2.56. The topological polar surface area (TPSA) is 52.5 Å². The molecule has 0 saturated carbocycles. The lowest BCUT2D eigenvalue weighted by Gasteiger charge is -2.37. The lowest BCUT2D eigenvalue weighted by Crippen LogP contribution is -2.47. The number of nitrogens with zero attached hydrogens (tertiary/aromatic N) is 4. The highest BCUT2D eigenvalue weighted by atomic mass is 16.3. The summed E-state index contributed by atoms with van der Waals surface area (Å²) in [5.74, 6) is 0.857. The zero-order valence-electron chi connectivity index (χ0n) is 11.3. The first-order valence-electron chi connectivity index (χ1n) is 6.83. The minimum atomic E-state index is -0.0188. The second-order valence-electron chi connectivity index (χ2n) is 4.84. The van der Waals surface area contributed by atoms with E-state index in [1.807, 2.05) is 6.07 Å². The predicted molar refractivity (Wildman–Crippen MR) is 78.8 cm³/mol. The summed E-state index contributed by atoms with van der Waals surface area (Å²) in [5, 5.41) is 9.36. The molecule has 1 saturated heterocycles. The van der Waals surface area contributed by atoms with Gasteiger partial charge in [-0.15, -0.1) is 0 Å². The molecule has 0 radical (unpaired) electrons. The van der Waals surface area contributed by atoms with Crippen LogP contribution in [-0.2, 0) is 6.61 Å². The van der Waals surface area contributed by atoms with Crippen molar-refractivity contribution < 1.29 is 5.11 Å². The molecule has 0 aliphatic carbocycles. The van der Waals surface area contributed by atoms with Crippen molar-refractivity contribution in [3.63, 3.8) is 0 Å². The third-order valence-corrected chi connectivity index (χ3v) is 3.64. The summed E-state index contributed by atoms with van der Waals surface area (Å²) in [6.45, 7) is 3.70. The van der Waals surface area contributed by atoms with Gasteiger partial charge in [0.15, 0.2) is 0 Å². The van der Waals surface area contributed by atoms with Crippen LogP contribution in [0.25, 0.3) is 0 Å². The third kappa shape index (κ3) is 2.58. The van der Waals surface area contributed by atoms with Gasteiger partial charge in [0.05, 0.1) is 6.61 Å². The van der Waals surface area contributed by atoms with Gasteiger partial charge in [0, 0.05) is 43.6 Å². The van der Waals surface area contributed by atoms with E-state index in [1.165, 1.54) is 12.0 Å². The Morgan fingerprint density at radius 3 is 2.40 bits per heavy atom. The summed E-state index contributed by atoms with van der Waals surface area (Å²) in [6.07, 6.45) is 3.23. The number of aliphatic hydroxyl groups is 1. The molecule has 1 aliphatic rings. The van der Waals surface area contributed by atoms with Crippen LogP contribution in [0.5, 0.6) is 0 Å². The Morgan fingerprint density at radius 1 is 1.00 bits per heavy atom. The SMILES string of the molecule is OCc1cncnc1N1CCN(c2ccccc2)CC1. The summed E-state index contributed by atoms with van der Waals surface area (Å²) in [5.41, 5.74) is 2.05. The Kier molecular flexibility index (Phi) is 3.78. The molecule has 0 atom stereocenters. The second-order valence-corrected chi connectivity index (χ2v) is 4.84. The molecule has 0 spiro atoms. The van der Waals surface area contributed by atoms with E-state index in [9.17, 15) is 5.11 Å². The normalized spacial score (nSPS) is 15.4. The van der Waals surface area contributed by atoms with Crippen molar-refractivity contribution in [3.8, 4) is 0 Å². The van der Waals surface area contributed by atoms with Gasteiger partial charge in [-0.05, 0) is 12.1 Å². The first-order chi connectivity index (χ1) is 9.88. The van der Waals surface area contributed by atoms with Crippen LogP contribution in [0.1, 0.15) is 5.56 Å². The minimum absolute atomic E-state index is 0.0188. The van der Waals surface area contributed by atoms with Gasteiger partial charge in [0.1, 0.15) is 12.1 Å². The van der Waals surface area contributed by atoms with Crippen molar-refractivity contribution in [2.75, 3.05) is 36.0 Å². The maximum absolute atomic E-state index is 9.36. The van der Waals surface area contributed by atoms with E-state index in [1.54, 1.807) is 6.20 Å². The van der Waals surface area contributed by atoms with E-state index >= 15 is 0 Å². The number of para-hydroxylation sites is 1. The van der Waals surface area contributed by atoms with E-state index in [0.717, 1.165) is 37.6 Å². The molecule has 0 bridgehead atoms. The molecule has 20 heavy (non-hydrogen) atoms. The average molecular weight is 270 g/mol. The number of benzene rings is 1. The molecule has 0 unspecified atom stereocenters. The maximum atomic E-state index is 9.36. The molecular formula is C15H18N4O. The molecule has 104 valence electrons. The van der Waals surface area contributed by atoms with Crippen LogP contribution >= 0.6 is 0 Å². The lowest BCUT2D eigenvalue weighted by atomic mass is 10.2. The molecule has 5 nitrogen and oxygen atoms in total. The number of aliphatic hydroxyl groups excluding tert-OH is 1. The standard InChI is InChI=1S/C15H18N4O/c20-11-13-10-16-12-17-15(13)19-8-6-18(7-9-19)14-4-2-1-3-5-14/h1-5,10,12,20H,6-9,11H2. The van der Waals surface area contributed by atoms with Crippen molar-refractivity contribution in [2.24, 2.45) is 0 Å². The van der Waals surface area contributed by atoms with E-state index in [4.69, 9.17) is 0 Å². The largest absolute Gasteiger partial charge is 0.391 e. The highest BCUT2D eigenvalue weighted by Crippen LogP contribution is 2.21. The van der Waals surface area contributed by atoms with E-state index in [0.29, 0.717) is 0 Å². The second kappa shape index (κ2) is 5.88. The van der Waals surface area contributed by atoms with E-state index < -0.39 is 0 Å². The number of hydrogen-bond donors (Lipinski definition) is 1. The van der Waals surface area contributed by atoms with Gasteiger partial charge in [-0.25, -0.2) is 9.97 Å². The Labute approximate surface area is 118 Å². The fourth-order valence-electron chi connectivity index (χ4n) is 2.56. The van der Waals surface area contributed by atoms with Gasteiger partial charge < -0.3 is 14.9 Å². The van der Waals surface area contributed by atoms with Crippen LogP contribution in [0, 0.1) is 0 Å². The Bertz CT molecular complexity index is 553. The first kappa shape index (κ1) is 12.9. The van der Waals surface area contributed by atoms with E-state index in [-0.39, 0.29) is 6.61 Å². The van der Waals surface area contributed by atoms with Gasteiger partial charge >= 0.3 is 0 Å². The van der Waals surface area contributed by atoms with Crippen molar-refractivity contribution in [1.29, 1.82) is 0 Å². The van der Waals surface area contributed by atoms with Crippen LogP contribution in [0.2, 0.25) is 0 Å². The molecule has 0 amide bonds. The molecule has 1 N–H and O–H groups in total. The van der Waals surface area contributed by atoms with Gasteiger partial charge in [-0.1, -0.05) is 18.2 Å². The Hall–Kier alpha value is -2.14. The first-order valence-corrected chi connectivity index (χ1v) is 6.83. The summed E-state index contributed by atoms with van der Waals surface area (Å²) >= 11 is 0. The number of rotatable bonds is 3. The van der Waals surface area contributed by atoms with Crippen molar-refractivity contribution in [3.05, 3.63) is 48.4 Å². The summed E-state index contributed by atoms with van der Waals surface area (Å²) in [6, 6.07) is 10.4. The Balaban J connectivity index is 1.70. The summed E-state index contributed by atoms with van der Waals surface area (Å²) in [4.78, 5) is 12.9. The minimum Gasteiger partial charge on any atom is -0.391 e. The number of hydrogen-bond acceptors (Lipinski definition) is 5. The van der Waals surface area contributed by atoms with Crippen molar-refractivity contribution in [1.82, 2.24) is 9.97 Å². The molecule has 1 aliphatic heterocycles. The highest BCUT2D eigenvalue weighted by molar-refractivity contribution is 5.51. The fraction of sp³-hybridized carbons (Fsp3) is 0.333.